The maximum absolute atomic E-state index is 13.7. The van der Waals surface area contributed by atoms with Gasteiger partial charge < -0.3 is 15.1 Å². The molecule has 0 saturated heterocycles. The van der Waals surface area contributed by atoms with Crippen LogP contribution in [0.4, 0.5) is 29.1 Å². The van der Waals surface area contributed by atoms with Gasteiger partial charge in [0.05, 0.1) is 36.9 Å². The van der Waals surface area contributed by atoms with E-state index in [0.717, 1.165) is 16.4 Å². The van der Waals surface area contributed by atoms with Crippen molar-refractivity contribution in [2.24, 2.45) is 0 Å². The van der Waals surface area contributed by atoms with Gasteiger partial charge in [-0.2, -0.15) is 23.4 Å². The summed E-state index contributed by atoms with van der Waals surface area (Å²) >= 11 is 0. The van der Waals surface area contributed by atoms with Crippen LogP contribution in [0.3, 0.4) is 0 Å². The van der Waals surface area contributed by atoms with Crippen molar-refractivity contribution in [3.63, 3.8) is 0 Å². The Morgan fingerprint density at radius 3 is 2.68 bits per heavy atom. The van der Waals surface area contributed by atoms with Crippen LogP contribution in [-0.4, -0.2) is 31.6 Å². The summed E-state index contributed by atoms with van der Waals surface area (Å²) in [5.74, 6) is -0.713. The van der Waals surface area contributed by atoms with Crippen molar-refractivity contribution in [2.75, 3.05) is 10.6 Å². The monoisotopic (exact) mass is 474 g/mol. The highest BCUT2D eigenvalue weighted by molar-refractivity contribution is 6.07. The molecule has 4 aromatic rings. The third-order valence-corrected chi connectivity index (χ3v) is 5.52. The molecule has 0 spiro atoms. The van der Waals surface area contributed by atoms with Gasteiger partial charge in [-0.25, -0.2) is 9.07 Å². The Bertz CT molecular complexity index is 1290. The summed E-state index contributed by atoms with van der Waals surface area (Å²) < 4.78 is 61.9. The zero-order valence-corrected chi connectivity index (χ0v) is 17.5. The largest absolute Gasteiger partial charge is 0.467 e. The van der Waals surface area contributed by atoms with Gasteiger partial charge in [0, 0.05) is 12.6 Å². The van der Waals surface area contributed by atoms with Crippen LogP contribution >= 0.6 is 0 Å². The molecule has 0 radical (unpaired) electrons. The zero-order chi connectivity index (χ0) is 23.9. The number of benzene rings is 1. The Morgan fingerprint density at radius 1 is 1.18 bits per heavy atom. The molecule has 2 atom stereocenters. The van der Waals surface area contributed by atoms with Crippen LogP contribution in [0.2, 0.25) is 0 Å². The summed E-state index contributed by atoms with van der Waals surface area (Å²) in [6.07, 6.45) is 0.558. The van der Waals surface area contributed by atoms with E-state index in [1.807, 2.05) is 0 Å². The van der Waals surface area contributed by atoms with E-state index < -0.39 is 24.2 Å². The second-order valence-corrected chi connectivity index (χ2v) is 7.86. The van der Waals surface area contributed by atoms with Crippen LogP contribution in [0.25, 0.3) is 0 Å². The van der Waals surface area contributed by atoms with E-state index in [-0.39, 0.29) is 23.6 Å². The van der Waals surface area contributed by atoms with E-state index in [9.17, 15) is 22.4 Å². The van der Waals surface area contributed by atoms with Gasteiger partial charge in [0.2, 0.25) is 0 Å². The van der Waals surface area contributed by atoms with Crippen LogP contribution in [0.5, 0.6) is 0 Å². The number of amides is 1. The Kier molecular flexibility index (Phi) is 5.34. The Balaban J connectivity index is 1.36. The summed E-state index contributed by atoms with van der Waals surface area (Å²) in [5.41, 5.74) is 1.11. The third-order valence-electron chi connectivity index (χ3n) is 5.52. The maximum Gasteiger partial charge on any atom is 0.410 e. The van der Waals surface area contributed by atoms with Crippen molar-refractivity contribution in [3.8, 4) is 0 Å². The van der Waals surface area contributed by atoms with Crippen LogP contribution < -0.4 is 10.6 Å². The van der Waals surface area contributed by atoms with Gasteiger partial charge in [-0.1, -0.05) is 12.1 Å². The number of hydrogen-bond donors (Lipinski definition) is 2. The lowest BCUT2D eigenvalue weighted by molar-refractivity contribution is -0.174. The average Bonchev–Trinajstić information content (AvgIpc) is 3.55. The first-order valence-electron chi connectivity index (χ1n) is 10.3. The number of alkyl halides is 3. The topological polar surface area (TPSA) is 89.9 Å². The lowest BCUT2D eigenvalue weighted by Gasteiger charge is -2.32. The van der Waals surface area contributed by atoms with E-state index in [0.29, 0.717) is 18.0 Å². The predicted octanol–water partition coefficient (Wildman–Crippen LogP) is 4.77. The quantitative estimate of drug-likeness (QED) is 0.407. The molecular formula is C22H18F4N6O2. The van der Waals surface area contributed by atoms with Crippen molar-refractivity contribution in [1.29, 1.82) is 0 Å². The molecule has 0 saturated carbocycles. The number of anilines is 2. The van der Waals surface area contributed by atoms with Gasteiger partial charge in [0.1, 0.15) is 23.0 Å². The molecule has 176 valence electrons. The standard InChI is InChI=1S/C22H18F4N6O2/c23-14-5-3-13(4-6-14)11-31-12-15(9-27-31)29-21(33)16-10-28-32-19(22(24,25)26)8-17(30-20(16)32)18-2-1-7-34-18/h1-7,9-10,12,17,19,30H,8,11H2,(H,29,33)/t17-,19-/m1/s1. The second-order valence-electron chi connectivity index (χ2n) is 7.86. The van der Waals surface area contributed by atoms with Crippen LogP contribution in [0.1, 0.15) is 40.2 Å². The number of fused-ring (bicyclic) bond motifs is 1. The first-order valence-corrected chi connectivity index (χ1v) is 10.3. The molecule has 5 rings (SSSR count). The number of nitrogens with zero attached hydrogens (tertiary/aromatic N) is 4. The highest BCUT2D eigenvalue weighted by Crippen LogP contribution is 2.44. The Morgan fingerprint density at radius 2 is 1.97 bits per heavy atom. The molecule has 0 aliphatic carbocycles. The normalized spacial score (nSPS) is 17.8. The average molecular weight is 474 g/mol. The van der Waals surface area contributed by atoms with Gasteiger partial charge in [-0.3, -0.25) is 9.48 Å². The first kappa shape index (κ1) is 21.7. The molecule has 0 fully saturated rings. The van der Waals surface area contributed by atoms with Crippen molar-refractivity contribution in [3.05, 3.63) is 84.0 Å². The minimum absolute atomic E-state index is 0.0446. The lowest BCUT2D eigenvalue weighted by atomic mass is 10.0. The number of hydrogen-bond acceptors (Lipinski definition) is 5. The molecule has 8 nitrogen and oxygen atoms in total. The molecule has 2 N–H and O–H groups in total. The van der Waals surface area contributed by atoms with E-state index in [2.05, 4.69) is 20.8 Å². The van der Waals surface area contributed by atoms with Crippen LogP contribution in [-0.2, 0) is 6.54 Å². The number of carbonyl (C=O) groups is 1. The number of halogens is 4. The summed E-state index contributed by atoms with van der Waals surface area (Å²) in [6, 6.07) is 6.37. The van der Waals surface area contributed by atoms with E-state index in [1.165, 1.54) is 24.6 Å². The van der Waals surface area contributed by atoms with E-state index >= 15 is 0 Å². The van der Waals surface area contributed by atoms with E-state index in [1.54, 1.807) is 35.1 Å². The Labute approximate surface area is 190 Å². The smallest absolute Gasteiger partial charge is 0.410 e. The molecular weight excluding hydrogens is 456 g/mol. The van der Waals surface area contributed by atoms with Gasteiger partial charge in [0.15, 0.2) is 6.04 Å². The van der Waals surface area contributed by atoms with Crippen molar-refractivity contribution >= 4 is 17.4 Å². The highest BCUT2D eigenvalue weighted by Gasteiger charge is 2.47. The molecule has 0 unspecified atom stereocenters. The van der Waals surface area contributed by atoms with Crippen molar-refractivity contribution in [2.45, 2.75) is 31.2 Å². The molecule has 0 bridgehead atoms. The third kappa shape index (κ3) is 4.26. The molecule has 1 aliphatic rings. The first-order chi connectivity index (χ1) is 16.3. The summed E-state index contributed by atoms with van der Waals surface area (Å²) in [6.45, 7) is 0.346. The highest BCUT2D eigenvalue weighted by atomic mass is 19.4. The molecule has 1 amide bonds. The summed E-state index contributed by atoms with van der Waals surface area (Å²) in [4.78, 5) is 12.9. The number of nitrogens with one attached hydrogen (secondary N) is 2. The number of furan rings is 1. The van der Waals surface area contributed by atoms with Gasteiger partial charge in [-0.15, -0.1) is 0 Å². The number of carbonyl (C=O) groups excluding carboxylic acids is 1. The zero-order valence-electron chi connectivity index (χ0n) is 17.5. The number of rotatable bonds is 5. The van der Waals surface area contributed by atoms with Crippen LogP contribution in [0, 0.1) is 5.82 Å². The minimum atomic E-state index is -4.57. The number of aromatic nitrogens is 4. The van der Waals surface area contributed by atoms with Gasteiger partial charge in [0.25, 0.3) is 5.91 Å². The Hall–Kier alpha value is -4.09. The summed E-state index contributed by atoms with van der Waals surface area (Å²) in [5, 5.41) is 13.6. The minimum Gasteiger partial charge on any atom is -0.467 e. The molecule has 3 aromatic heterocycles. The molecule has 1 aromatic carbocycles. The summed E-state index contributed by atoms with van der Waals surface area (Å²) in [7, 11) is 0. The van der Waals surface area contributed by atoms with Gasteiger partial charge in [-0.05, 0) is 29.8 Å². The van der Waals surface area contributed by atoms with Gasteiger partial charge >= 0.3 is 6.18 Å². The molecule has 12 heteroatoms. The lowest BCUT2D eigenvalue weighted by Crippen LogP contribution is -2.36. The SMILES string of the molecule is O=C(Nc1cnn(Cc2ccc(F)cc2)c1)c1cnn2c1N[C@@H](c1ccco1)C[C@@H]2C(F)(F)F. The van der Waals surface area contributed by atoms with Crippen LogP contribution in [0.15, 0.2) is 65.7 Å². The molecule has 4 heterocycles. The predicted molar refractivity (Wildman–Crippen MR) is 113 cm³/mol. The fourth-order valence-corrected chi connectivity index (χ4v) is 3.89. The maximum atomic E-state index is 13.7. The fraction of sp³-hybridized carbons (Fsp3) is 0.227. The second kappa shape index (κ2) is 8.36. The van der Waals surface area contributed by atoms with Crippen molar-refractivity contribution in [1.82, 2.24) is 19.6 Å². The van der Waals surface area contributed by atoms with E-state index in [4.69, 9.17) is 4.42 Å². The fourth-order valence-electron chi connectivity index (χ4n) is 3.89. The molecule has 34 heavy (non-hydrogen) atoms. The van der Waals surface area contributed by atoms with Crippen molar-refractivity contribution < 1.29 is 26.8 Å². The molecule has 1 aliphatic heterocycles.